The van der Waals surface area contributed by atoms with Gasteiger partial charge in [0.05, 0.1) is 17.5 Å². The topological polar surface area (TPSA) is 102 Å². The maximum atomic E-state index is 12.1. The molecule has 0 aliphatic rings. The second-order valence-corrected chi connectivity index (χ2v) is 7.16. The highest BCUT2D eigenvalue weighted by Gasteiger charge is 2.16. The van der Waals surface area contributed by atoms with Crippen LogP contribution >= 0.6 is 0 Å². The molecule has 0 saturated heterocycles. The first kappa shape index (κ1) is 18.5. The number of sulfonamides is 1. The number of para-hydroxylation sites is 1. The van der Waals surface area contributed by atoms with Crippen LogP contribution in [0.5, 0.6) is 0 Å². The number of amides is 1. The molecule has 0 spiro atoms. The Morgan fingerprint density at radius 3 is 2.32 bits per heavy atom. The summed E-state index contributed by atoms with van der Waals surface area (Å²) in [5.74, 6) is -1.29. The minimum absolute atomic E-state index is 0.0241. The molecule has 0 bridgehead atoms. The molecule has 0 unspecified atom stereocenters. The Labute approximate surface area is 146 Å². The third kappa shape index (κ3) is 5.92. The van der Waals surface area contributed by atoms with E-state index in [2.05, 4.69) is 10.0 Å². The Hall–Kier alpha value is -2.87. The van der Waals surface area contributed by atoms with Crippen molar-refractivity contribution < 1.29 is 22.7 Å². The maximum absolute atomic E-state index is 12.1. The molecule has 2 aromatic carbocycles. The van der Waals surface area contributed by atoms with Gasteiger partial charge in [-0.25, -0.2) is 13.2 Å². The van der Waals surface area contributed by atoms with Crippen LogP contribution in [0, 0.1) is 6.92 Å². The molecule has 2 aromatic rings. The molecule has 0 heterocycles. The fraction of sp³-hybridized carbons (Fsp3) is 0.176. The molecule has 2 N–H and O–H groups in total. The van der Waals surface area contributed by atoms with E-state index in [-0.39, 0.29) is 11.3 Å². The summed E-state index contributed by atoms with van der Waals surface area (Å²) >= 11 is 0. The van der Waals surface area contributed by atoms with Gasteiger partial charge in [-0.2, -0.15) is 0 Å². The van der Waals surface area contributed by atoms with Crippen LogP contribution < -0.4 is 10.0 Å². The number of nitrogens with one attached hydrogen (secondary N) is 2. The standard InChI is InChI=1S/C17H18N2O5S/c1-12-7-9-13(10-8-12)18-16(20)11-24-17(21)14-5-3-4-6-15(14)19-25(2,22)23/h3-10,19H,11H2,1-2H3,(H,18,20). The summed E-state index contributed by atoms with van der Waals surface area (Å²) in [6.07, 6.45) is 0.976. The van der Waals surface area contributed by atoms with Crippen molar-refractivity contribution in [3.8, 4) is 0 Å². The zero-order valence-corrected chi connectivity index (χ0v) is 14.6. The molecule has 0 fully saturated rings. The molecule has 2 rings (SSSR count). The second kappa shape index (κ2) is 7.80. The first-order chi connectivity index (χ1) is 11.7. The van der Waals surface area contributed by atoms with Gasteiger partial charge in [0.25, 0.3) is 5.91 Å². The molecule has 25 heavy (non-hydrogen) atoms. The number of hydrogen-bond acceptors (Lipinski definition) is 5. The Morgan fingerprint density at radius 1 is 1.04 bits per heavy atom. The number of aryl methyl sites for hydroxylation is 1. The zero-order valence-electron chi connectivity index (χ0n) is 13.8. The summed E-state index contributed by atoms with van der Waals surface area (Å²) < 4.78 is 29.9. The van der Waals surface area contributed by atoms with Crippen LogP contribution in [0.15, 0.2) is 48.5 Å². The molecule has 0 aromatic heterocycles. The molecular formula is C17H18N2O5S. The summed E-state index contributed by atoms with van der Waals surface area (Å²) in [7, 11) is -3.55. The highest BCUT2D eigenvalue weighted by molar-refractivity contribution is 7.92. The van der Waals surface area contributed by atoms with E-state index in [1.807, 2.05) is 19.1 Å². The lowest BCUT2D eigenvalue weighted by Crippen LogP contribution is -2.21. The van der Waals surface area contributed by atoms with Gasteiger partial charge in [0.15, 0.2) is 6.61 Å². The van der Waals surface area contributed by atoms with E-state index in [1.165, 1.54) is 12.1 Å². The highest BCUT2D eigenvalue weighted by Crippen LogP contribution is 2.17. The number of esters is 1. The van der Waals surface area contributed by atoms with E-state index in [9.17, 15) is 18.0 Å². The predicted octanol–water partition coefficient (Wildman–Crippen LogP) is 2.16. The lowest BCUT2D eigenvalue weighted by molar-refractivity contribution is -0.119. The number of hydrogen-bond donors (Lipinski definition) is 2. The summed E-state index contributed by atoms with van der Waals surface area (Å²) in [4.78, 5) is 24.0. The SMILES string of the molecule is Cc1ccc(NC(=O)COC(=O)c2ccccc2NS(C)(=O)=O)cc1. The molecule has 0 aliphatic carbocycles. The van der Waals surface area contributed by atoms with Crippen LogP contribution in [0.1, 0.15) is 15.9 Å². The van der Waals surface area contributed by atoms with E-state index in [0.717, 1.165) is 11.8 Å². The maximum Gasteiger partial charge on any atom is 0.340 e. The van der Waals surface area contributed by atoms with Crippen LogP contribution in [-0.4, -0.2) is 33.2 Å². The van der Waals surface area contributed by atoms with E-state index < -0.39 is 28.5 Å². The lowest BCUT2D eigenvalue weighted by atomic mass is 10.2. The quantitative estimate of drug-likeness (QED) is 0.767. The van der Waals surface area contributed by atoms with Gasteiger partial charge in [-0.15, -0.1) is 0 Å². The largest absolute Gasteiger partial charge is 0.452 e. The minimum Gasteiger partial charge on any atom is -0.452 e. The predicted molar refractivity (Wildman–Crippen MR) is 95.0 cm³/mol. The number of rotatable bonds is 6. The van der Waals surface area contributed by atoms with Gasteiger partial charge < -0.3 is 10.1 Å². The van der Waals surface area contributed by atoms with Crippen molar-refractivity contribution in [2.45, 2.75) is 6.92 Å². The first-order valence-electron chi connectivity index (χ1n) is 7.35. The summed E-state index contributed by atoms with van der Waals surface area (Å²) in [5.41, 5.74) is 1.76. The van der Waals surface area contributed by atoms with Crippen molar-refractivity contribution in [2.24, 2.45) is 0 Å². The summed E-state index contributed by atoms with van der Waals surface area (Å²) in [6.45, 7) is 1.44. The van der Waals surface area contributed by atoms with Gasteiger partial charge in [0.2, 0.25) is 10.0 Å². The van der Waals surface area contributed by atoms with Crippen LogP contribution in [0.3, 0.4) is 0 Å². The first-order valence-corrected chi connectivity index (χ1v) is 9.24. The van der Waals surface area contributed by atoms with Gasteiger partial charge in [0, 0.05) is 5.69 Å². The Kier molecular flexibility index (Phi) is 5.76. The van der Waals surface area contributed by atoms with Crippen LogP contribution in [0.25, 0.3) is 0 Å². The Balaban J connectivity index is 1.98. The van der Waals surface area contributed by atoms with Gasteiger partial charge >= 0.3 is 5.97 Å². The normalized spacial score (nSPS) is 10.8. The van der Waals surface area contributed by atoms with Gasteiger partial charge in [-0.1, -0.05) is 29.8 Å². The third-order valence-corrected chi connectivity index (χ3v) is 3.70. The van der Waals surface area contributed by atoms with Gasteiger partial charge in [0.1, 0.15) is 0 Å². The number of ether oxygens (including phenoxy) is 1. The molecule has 132 valence electrons. The second-order valence-electron chi connectivity index (χ2n) is 5.41. The number of carbonyl (C=O) groups excluding carboxylic acids is 2. The minimum atomic E-state index is -3.55. The lowest BCUT2D eigenvalue weighted by Gasteiger charge is -2.10. The zero-order chi connectivity index (χ0) is 18.4. The average Bonchev–Trinajstić information content (AvgIpc) is 2.54. The molecular weight excluding hydrogens is 344 g/mol. The fourth-order valence-electron chi connectivity index (χ4n) is 1.99. The van der Waals surface area contributed by atoms with E-state index >= 15 is 0 Å². The Bertz CT molecular complexity index is 876. The van der Waals surface area contributed by atoms with Crippen molar-refractivity contribution in [3.63, 3.8) is 0 Å². The van der Waals surface area contributed by atoms with Gasteiger partial charge in [-0.3, -0.25) is 9.52 Å². The third-order valence-electron chi connectivity index (χ3n) is 3.11. The number of carbonyl (C=O) groups is 2. The van der Waals surface area contributed by atoms with Crippen molar-refractivity contribution >= 4 is 33.3 Å². The fourth-order valence-corrected chi connectivity index (χ4v) is 2.57. The molecule has 1 amide bonds. The summed E-state index contributed by atoms with van der Waals surface area (Å²) in [5, 5.41) is 2.60. The monoisotopic (exact) mass is 362 g/mol. The van der Waals surface area contributed by atoms with E-state index in [1.54, 1.807) is 24.3 Å². The molecule has 0 radical (unpaired) electrons. The summed E-state index contributed by atoms with van der Waals surface area (Å²) in [6, 6.07) is 13.1. The van der Waals surface area contributed by atoms with Crippen molar-refractivity contribution in [2.75, 3.05) is 22.9 Å². The highest BCUT2D eigenvalue weighted by atomic mass is 32.2. The van der Waals surface area contributed by atoms with Crippen LogP contribution in [0.4, 0.5) is 11.4 Å². The van der Waals surface area contributed by atoms with E-state index in [4.69, 9.17) is 4.74 Å². The smallest absolute Gasteiger partial charge is 0.340 e. The van der Waals surface area contributed by atoms with Crippen molar-refractivity contribution in [1.29, 1.82) is 0 Å². The number of benzene rings is 2. The average molecular weight is 362 g/mol. The molecule has 0 atom stereocenters. The Morgan fingerprint density at radius 2 is 1.68 bits per heavy atom. The van der Waals surface area contributed by atoms with E-state index in [0.29, 0.717) is 5.69 Å². The van der Waals surface area contributed by atoms with Crippen molar-refractivity contribution in [3.05, 3.63) is 59.7 Å². The molecule has 0 saturated carbocycles. The molecule has 8 heteroatoms. The number of anilines is 2. The molecule has 0 aliphatic heterocycles. The van der Waals surface area contributed by atoms with Crippen LogP contribution in [0.2, 0.25) is 0 Å². The van der Waals surface area contributed by atoms with Gasteiger partial charge in [-0.05, 0) is 31.2 Å². The van der Waals surface area contributed by atoms with Crippen LogP contribution in [-0.2, 0) is 19.6 Å². The molecule has 7 nitrogen and oxygen atoms in total. The van der Waals surface area contributed by atoms with Crippen molar-refractivity contribution in [1.82, 2.24) is 0 Å².